The molecule has 2 aliphatic rings. The Bertz CT molecular complexity index is 1190. The lowest BCUT2D eigenvalue weighted by molar-refractivity contribution is -0.0298. The Morgan fingerprint density at radius 3 is 2.60 bits per heavy atom. The standard InChI is InChI=1S/C27H47N13O.2C2H6/c1-3-8-21(4-2)30-11-7-10-28-14-17-40-36-22(35-37-40)19-31-25-24-26(34-27(33-25)38-15-12-29-13-16-38)39(20-32-24)23-9-5-6-18-41-23;2*1-2/h20-21,23,28-30H,3-19H2,1-2H3,(H,31,33,34);2*1-2H3. The minimum Gasteiger partial charge on any atom is -0.361 e. The second-order valence-electron chi connectivity index (χ2n) is 10.9. The van der Waals surface area contributed by atoms with Crippen molar-refractivity contribution < 1.29 is 4.74 Å². The van der Waals surface area contributed by atoms with Gasteiger partial charge >= 0.3 is 0 Å². The van der Waals surface area contributed by atoms with Crippen molar-refractivity contribution in [2.45, 2.75) is 112 Å². The lowest BCUT2D eigenvalue weighted by Crippen LogP contribution is -2.44. The number of imidazole rings is 1. The van der Waals surface area contributed by atoms with E-state index in [2.05, 4.69) is 65.0 Å². The molecule has 5 heterocycles. The third kappa shape index (κ3) is 11.1. The summed E-state index contributed by atoms with van der Waals surface area (Å²) in [7, 11) is 0. The molecule has 0 radical (unpaired) electrons. The van der Waals surface area contributed by atoms with Crippen LogP contribution in [0, 0.1) is 0 Å². The molecule has 0 amide bonds. The molecule has 3 aromatic heterocycles. The first-order valence-electron chi connectivity index (χ1n) is 17.5. The van der Waals surface area contributed by atoms with Gasteiger partial charge in [-0.3, -0.25) is 4.57 Å². The van der Waals surface area contributed by atoms with Gasteiger partial charge < -0.3 is 30.9 Å². The number of hydrogen-bond donors (Lipinski definition) is 4. The largest absolute Gasteiger partial charge is 0.361 e. The molecular weight excluding hydrogens is 570 g/mol. The molecule has 2 atom stereocenters. The molecule has 0 aromatic carbocycles. The minimum absolute atomic E-state index is 0.0480. The van der Waals surface area contributed by atoms with Crippen molar-refractivity contribution in [3.05, 3.63) is 12.2 Å². The maximum absolute atomic E-state index is 6.05. The van der Waals surface area contributed by atoms with Crippen molar-refractivity contribution in [1.82, 2.24) is 55.7 Å². The number of rotatable bonds is 16. The van der Waals surface area contributed by atoms with Crippen LogP contribution in [0.5, 0.6) is 0 Å². The van der Waals surface area contributed by atoms with Crippen LogP contribution in [-0.4, -0.2) is 98.2 Å². The molecular formula is C31H59N13O. The van der Waals surface area contributed by atoms with Gasteiger partial charge in [0, 0.05) is 45.4 Å². The average Bonchev–Trinajstić information content (AvgIpc) is 3.76. The highest BCUT2D eigenvalue weighted by molar-refractivity contribution is 5.84. The van der Waals surface area contributed by atoms with Crippen molar-refractivity contribution in [2.24, 2.45) is 0 Å². The SMILES string of the molecule is CC.CC.CCCC(CC)NCCCNCCn1nnc(CNc2nc(N3CCNCC3)nc3c2ncn3C2CCCCO2)n1. The second-order valence-corrected chi connectivity index (χ2v) is 10.9. The zero-order valence-electron chi connectivity index (χ0n) is 28.7. The fraction of sp³-hybridized carbons (Fsp3) is 0.806. The lowest BCUT2D eigenvalue weighted by Gasteiger charge is -2.28. The van der Waals surface area contributed by atoms with E-state index in [4.69, 9.17) is 14.7 Å². The van der Waals surface area contributed by atoms with Crippen LogP contribution in [0.3, 0.4) is 0 Å². The third-order valence-electron chi connectivity index (χ3n) is 7.77. The van der Waals surface area contributed by atoms with Gasteiger partial charge in [0.15, 0.2) is 22.8 Å². The number of aromatic nitrogens is 8. The maximum atomic E-state index is 6.05. The number of anilines is 2. The molecule has 2 saturated heterocycles. The van der Waals surface area contributed by atoms with Crippen molar-refractivity contribution in [2.75, 3.05) is 62.6 Å². The van der Waals surface area contributed by atoms with Crippen LogP contribution < -0.4 is 26.2 Å². The summed E-state index contributed by atoms with van der Waals surface area (Å²) in [6.07, 6.45) is 9.73. The molecule has 5 rings (SSSR count). The summed E-state index contributed by atoms with van der Waals surface area (Å²) in [4.78, 5) is 18.4. The summed E-state index contributed by atoms with van der Waals surface area (Å²) in [5, 5.41) is 27.0. The first kappa shape index (κ1) is 36.5. The summed E-state index contributed by atoms with van der Waals surface area (Å²) in [5.41, 5.74) is 1.51. The van der Waals surface area contributed by atoms with Crippen LogP contribution in [0.15, 0.2) is 6.33 Å². The number of nitrogens with one attached hydrogen (secondary N) is 4. The van der Waals surface area contributed by atoms with Gasteiger partial charge in [0.1, 0.15) is 6.23 Å². The van der Waals surface area contributed by atoms with Crippen molar-refractivity contribution >= 4 is 22.9 Å². The monoisotopic (exact) mass is 629 g/mol. The van der Waals surface area contributed by atoms with E-state index in [-0.39, 0.29) is 6.23 Å². The average molecular weight is 630 g/mol. The highest BCUT2D eigenvalue weighted by atomic mass is 16.5. The van der Waals surface area contributed by atoms with E-state index < -0.39 is 0 Å². The normalized spacial score (nSPS) is 17.3. The fourth-order valence-corrected chi connectivity index (χ4v) is 5.42. The van der Waals surface area contributed by atoms with Gasteiger partial charge in [0.2, 0.25) is 5.95 Å². The number of ether oxygens (including phenoxy) is 1. The fourth-order valence-electron chi connectivity index (χ4n) is 5.42. The van der Waals surface area contributed by atoms with Crippen molar-refractivity contribution in [3.63, 3.8) is 0 Å². The minimum atomic E-state index is -0.0480. The number of piperazine rings is 1. The van der Waals surface area contributed by atoms with E-state index in [0.717, 1.165) is 89.3 Å². The highest BCUT2D eigenvalue weighted by Crippen LogP contribution is 2.29. The van der Waals surface area contributed by atoms with Gasteiger partial charge in [0.05, 0.1) is 19.4 Å². The number of nitrogens with zero attached hydrogens (tertiary/aromatic N) is 9. The molecule has 0 saturated carbocycles. The topological polar surface area (TPSA) is 148 Å². The van der Waals surface area contributed by atoms with E-state index in [9.17, 15) is 0 Å². The summed E-state index contributed by atoms with van der Waals surface area (Å²) in [6.45, 7) is 20.7. The molecule has 14 nitrogen and oxygen atoms in total. The van der Waals surface area contributed by atoms with E-state index >= 15 is 0 Å². The molecule has 0 spiro atoms. The molecule has 0 bridgehead atoms. The van der Waals surface area contributed by atoms with E-state index in [1.165, 1.54) is 19.3 Å². The third-order valence-corrected chi connectivity index (χ3v) is 7.77. The smallest absolute Gasteiger partial charge is 0.229 e. The van der Waals surface area contributed by atoms with E-state index in [0.29, 0.717) is 36.7 Å². The number of hydrogen-bond acceptors (Lipinski definition) is 12. The van der Waals surface area contributed by atoms with Crippen molar-refractivity contribution in [1.29, 1.82) is 0 Å². The van der Waals surface area contributed by atoms with E-state index in [1.54, 1.807) is 4.80 Å². The van der Waals surface area contributed by atoms with Crippen LogP contribution in [0.25, 0.3) is 11.2 Å². The molecule has 4 N–H and O–H groups in total. The first-order chi connectivity index (χ1) is 22.2. The molecule has 3 aromatic rings. The van der Waals surface area contributed by atoms with Crippen LogP contribution in [0.4, 0.5) is 11.8 Å². The number of fused-ring (bicyclic) bond motifs is 1. The van der Waals surface area contributed by atoms with Crippen LogP contribution in [-0.2, 0) is 17.8 Å². The van der Waals surface area contributed by atoms with Gasteiger partial charge in [-0.2, -0.15) is 14.8 Å². The molecule has 2 aliphatic heterocycles. The summed E-state index contributed by atoms with van der Waals surface area (Å²) in [5.74, 6) is 1.99. The second kappa shape index (κ2) is 21.0. The Morgan fingerprint density at radius 1 is 1.04 bits per heavy atom. The number of tetrazole rings is 1. The Hall–Kier alpha value is -2.94. The predicted molar refractivity (Wildman–Crippen MR) is 182 cm³/mol. The Kier molecular flexibility index (Phi) is 17.0. The zero-order chi connectivity index (χ0) is 32.3. The van der Waals surface area contributed by atoms with Crippen LogP contribution >= 0.6 is 0 Å². The van der Waals surface area contributed by atoms with Gasteiger partial charge in [-0.15, -0.1) is 10.2 Å². The highest BCUT2D eigenvalue weighted by Gasteiger charge is 2.23. The summed E-state index contributed by atoms with van der Waals surface area (Å²) in [6, 6.07) is 0.639. The molecule has 254 valence electrons. The van der Waals surface area contributed by atoms with Gasteiger partial charge in [-0.1, -0.05) is 48.0 Å². The van der Waals surface area contributed by atoms with Crippen molar-refractivity contribution in [3.8, 4) is 0 Å². The van der Waals surface area contributed by atoms with Gasteiger partial charge in [-0.25, -0.2) is 4.98 Å². The molecule has 2 unspecified atom stereocenters. The van der Waals surface area contributed by atoms with Gasteiger partial charge in [0.25, 0.3) is 0 Å². The predicted octanol–water partition coefficient (Wildman–Crippen LogP) is 3.73. The lowest BCUT2D eigenvalue weighted by atomic mass is 10.1. The zero-order valence-corrected chi connectivity index (χ0v) is 28.7. The molecule has 14 heteroatoms. The van der Waals surface area contributed by atoms with Crippen LogP contribution in [0.1, 0.15) is 98.5 Å². The summed E-state index contributed by atoms with van der Waals surface area (Å²) >= 11 is 0. The molecule has 45 heavy (non-hydrogen) atoms. The molecule has 0 aliphatic carbocycles. The Balaban J connectivity index is 0.00000133. The Morgan fingerprint density at radius 2 is 1.87 bits per heavy atom. The molecule has 2 fully saturated rings. The van der Waals surface area contributed by atoms with E-state index in [1.807, 2.05) is 34.0 Å². The van der Waals surface area contributed by atoms with Gasteiger partial charge in [-0.05, 0) is 56.8 Å². The Labute approximate surface area is 269 Å². The summed E-state index contributed by atoms with van der Waals surface area (Å²) < 4.78 is 8.10. The quantitative estimate of drug-likeness (QED) is 0.171. The van der Waals surface area contributed by atoms with Crippen LogP contribution in [0.2, 0.25) is 0 Å². The maximum Gasteiger partial charge on any atom is 0.229 e. The first-order valence-corrected chi connectivity index (χ1v) is 17.5.